The fourth-order valence-electron chi connectivity index (χ4n) is 9.53. The highest BCUT2D eigenvalue weighted by Gasteiger charge is 2.41. The maximum atomic E-state index is 14.0. The number of aryl methyl sites for hydroxylation is 2. The summed E-state index contributed by atoms with van der Waals surface area (Å²) in [6.07, 6.45) is 7.37. The summed E-state index contributed by atoms with van der Waals surface area (Å²) < 4.78 is 0. The van der Waals surface area contributed by atoms with Crippen molar-refractivity contribution in [2.75, 3.05) is 11.1 Å². The Kier molecular flexibility index (Phi) is 22.0. The van der Waals surface area contributed by atoms with E-state index in [0.29, 0.717) is 66.4 Å². The minimum Gasteiger partial charge on any atom is -0.478 e. The molecule has 0 saturated heterocycles. The number of hydrogen-bond donors (Lipinski definition) is 3. The Morgan fingerprint density at radius 1 is 0.590 bits per heavy atom. The summed E-state index contributed by atoms with van der Waals surface area (Å²) in [6.45, 7) is 7.53. The number of nitrogens with two attached hydrogens (primary N) is 1. The van der Waals surface area contributed by atoms with E-state index in [0.717, 1.165) is 11.1 Å². The molecule has 15 nitrogen and oxygen atoms in total. The Balaban J connectivity index is 0.000000233. The van der Waals surface area contributed by atoms with Gasteiger partial charge in [0.25, 0.3) is 17.7 Å². The van der Waals surface area contributed by atoms with Gasteiger partial charge in [-0.25, -0.2) is 14.8 Å². The molecule has 6 heterocycles. The number of nitrogens with one attached hydrogen (secondary N) is 1. The second-order valence-corrected chi connectivity index (χ2v) is 21.2. The number of Topliss-reactive ketones (excluding diaryl/α,β-unsaturated/α-hetero) is 2. The largest absolute Gasteiger partial charge is 0.478 e. The number of aromatic carboxylic acids is 1. The monoisotopic (exact) mass is 1190 g/mol. The lowest BCUT2D eigenvalue weighted by atomic mass is 9.97. The van der Waals surface area contributed by atoms with Gasteiger partial charge in [-0.2, -0.15) is 0 Å². The van der Waals surface area contributed by atoms with Gasteiger partial charge in [0.1, 0.15) is 11.6 Å². The number of benzene rings is 4. The molecule has 0 radical (unpaired) electrons. The maximum absolute atomic E-state index is 14.0. The number of halogens is 4. The van der Waals surface area contributed by atoms with Crippen LogP contribution in [0.5, 0.6) is 0 Å². The molecule has 0 spiro atoms. The number of hydrogen-bond acceptors (Lipinski definition) is 11. The van der Waals surface area contributed by atoms with E-state index in [1.807, 2.05) is 57.2 Å². The van der Waals surface area contributed by atoms with Crippen LogP contribution in [0.4, 0.5) is 11.6 Å². The number of ketones is 2. The number of nitrogens with zero attached hydrogens (tertiary/aromatic N) is 6. The van der Waals surface area contributed by atoms with Crippen molar-refractivity contribution in [1.29, 1.82) is 0 Å². The zero-order valence-corrected chi connectivity index (χ0v) is 47.3. The highest BCUT2D eigenvalue weighted by molar-refractivity contribution is 6.35. The first-order valence-corrected chi connectivity index (χ1v) is 27.1. The third-order valence-corrected chi connectivity index (χ3v) is 14.9. The van der Waals surface area contributed by atoms with Crippen molar-refractivity contribution in [3.63, 3.8) is 0 Å². The van der Waals surface area contributed by atoms with Gasteiger partial charge in [0.05, 0.1) is 45.3 Å². The number of nitrogen functional groups attached to an aromatic ring is 1. The number of fused-ring (bicyclic) bond motifs is 2. The van der Waals surface area contributed by atoms with Crippen LogP contribution in [0.25, 0.3) is 0 Å². The maximum Gasteiger partial charge on any atom is 0.337 e. The molecule has 4 N–H and O–H groups in total. The lowest BCUT2D eigenvalue weighted by molar-refractivity contribution is -0.124. The van der Waals surface area contributed by atoms with Crippen LogP contribution < -0.4 is 11.1 Å². The first-order valence-electron chi connectivity index (χ1n) is 25.6. The summed E-state index contributed by atoms with van der Waals surface area (Å²) in [4.78, 5) is 99.0. The smallest absolute Gasteiger partial charge is 0.337 e. The third-order valence-electron chi connectivity index (χ3n) is 13.8. The topological polar surface area (TPSA) is 219 Å². The Hall–Kier alpha value is -8.34. The molecule has 0 saturated carbocycles. The summed E-state index contributed by atoms with van der Waals surface area (Å²) in [5.74, 6) is -1.38. The molecule has 83 heavy (non-hydrogen) atoms. The molecule has 2 aliphatic rings. The van der Waals surface area contributed by atoms with Crippen molar-refractivity contribution in [3.8, 4) is 0 Å². The molecule has 19 heteroatoms. The molecule has 4 aromatic carbocycles. The molecule has 2 aliphatic heterocycles. The second-order valence-electron chi connectivity index (χ2n) is 19.5. The number of anilines is 2. The molecule has 8 aromatic rings. The van der Waals surface area contributed by atoms with Crippen LogP contribution in [0.2, 0.25) is 20.1 Å². The van der Waals surface area contributed by atoms with Crippen LogP contribution in [0.3, 0.4) is 0 Å². The highest BCUT2D eigenvalue weighted by atomic mass is 35.5. The van der Waals surface area contributed by atoms with E-state index in [9.17, 15) is 33.9 Å². The summed E-state index contributed by atoms with van der Waals surface area (Å²) in [6, 6.07) is 35.0. The molecular formula is C64H62Cl4N8O7. The van der Waals surface area contributed by atoms with Crippen molar-refractivity contribution in [2.24, 2.45) is 0 Å². The molecule has 4 atom stereocenters. The lowest BCUT2D eigenvalue weighted by Gasteiger charge is -2.35. The summed E-state index contributed by atoms with van der Waals surface area (Å²) in [7, 11) is 0. The second kappa shape index (κ2) is 28.6. The average Bonchev–Trinajstić information content (AvgIpc) is 3.11. The van der Waals surface area contributed by atoms with Gasteiger partial charge in [-0.3, -0.25) is 33.9 Å². The van der Waals surface area contributed by atoms with Crippen LogP contribution in [0, 0.1) is 13.8 Å². The van der Waals surface area contributed by atoms with E-state index < -0.39 is 36.0 Å². The predicted octanol–water partition coefficient (Wildman–Crippen LogP) is 13.6. The minimum absolute atomic E-state index is 0. The highest BCUT2D eigenvalue weighted by Crippen LogP contribution is 2.36. The number of carboxylic acids is 1. The zero-order valence-electron chi connectivity index (χ0n) is 44.3. The van der Waals surface area contributed by atoms with Crippen LogP contribution in [0.1, 0.15) is 127 Å². The summed E-state index contributed by atoms with van der Waals surface area (Å²) in [5.41, 5.74) is 12.4. The zero-order chi connectivity index (χ0) is 58.1. The molecular weight excluding hydrogens is 1130 g/mol. The van der Waals surface area contributed by atoms with Crippen molar-refractivity contribution in [1.82, 2.24) is 29.7 Å². The van der Waals surface area contributed by atoms with E-state index in [4.69, 9.17) is 52.1 Å². The molecule has 10 rings (SSSR count). The van der Waals surface area contributed by atoms with Gasteiger partial charge in [-0.05, 0) is 158 Å². The standard InChI is InChI=1S/C31H26Cl2N4O3.C25H20Cl2N2O4.C6H8N2.2CH4/c1-18-6-11-29(35-17-18)36-30(39)25-9-7-20(14-26(25)33)19(2)37-27(16-23-5-3-4-12-34-23)28(38)15-21-13-22(32)8-10-24(21)31(37)40;1-14(15-5-7-20(25(32)33)21(27)11-15)29-22(13-18-4-2-3-9-28-18)23(30)12-16-10-17(26)6-8-19(16)24(29)31;1-5-2-3-6(7)8-4-5;;/h3-14,17,19,27H,15-16H2,1-2H3,(H,35,36,39);2-11,14,22H,12-13H2,1H3,(H,32,33);2-4H,1H3,(H2,7,8);2*1H4/t19?,27-;14?,22-;;;/m11.../s1. The van der Waals surface area contributed by atoms with Crippen molar-refractivity contribution < 1.29 is 33.9 Å². The molecule has 0 bridgehead atoms. The molecule has 2 unspecified atom stereocenters. The number of pyridine rings is 4. The fourth-order valence-corrected chi connectivity index (χ4v) is 10.5. The number of carbonyl (C=O) groups excluding carboxylic acids is 5. The van der Waals surface area contributed by atoms with Crippen molar-refractivity contribution >= 4 is 93.3 Å². The van der Waals surface area contributed by atoms with E-state index in [-0.39, 0.29) is 85.1 Å². The van der Waals surface area contributed by atoms with E-state index >= 15 is 0 Å². The SMILES string of the molecule is C.C.CC(c1ccc(C(=O)O)c(Cl)c1)N1C(=O)c2ccc(Cl)cc2CC(=O)[C@H]1Cc1ccccn1.Cc1ccc(N)nc1.Cc1ccc(NC(=O)c2ccc(C(C)N3C(=O)c4ccc(Cl)cc4CC(=O)[C@H]3Cc3ccccn3)cc2Cl)nc1. The number of carbonyl (C=O) groups is 6. The Bertz CT molecular complexity index is 3630. The van der Waals surface area contributed by atoms with Gasteiger partial charge in [0, 0.05) is 83.0 Å². The van der Waals surface area contributed by atoms with Crippen LogP contribution in [-0.4, -0.2) is 82.2 Å². The lowest BCUT2D eigenvalue weighted by Crippen LogP contribution is -2.46. The molecule has 0 fully saturated rings. The first-order chi connectivity index (χ1) is 38.8. The molecule has 428 valence electrons. The van der Waals surface area contributed by atoms with Gasteiger partial charge >= 0.3 is 5.97 Å². The number of amides is 3. The normalized spacial score (nSPS) is 15.2. The molecule has 4 aromatic heterocycles. The van der Waals surface area contributed by atoms with Gasteiger partial charge in [0.15, 0.2) is 11.6 Å². The van der Waals surface area contributed by atoms with Gasteiger partial charge in [0.2, 0.25) is 0 Å². The van der Waals surface area contributed by atoms with E-state index in [1.165, 1.54) is 12.1 Å². The summed E-state index contributed by atoms with van der Waals surface area (Å²) >= 11 is 25.1. The Morgan fingerprint density at radius 3 is 1.43 bits per heavy atom. The predicted molar refractivity (Wildman–Crippen MR) is 327 cm³/mol. The summed E-state index contributed by atoms with van der Waals surface area (Å²) in [5, 5.41) is 13.2. The Morgan fingerprint density at radius 2 is 1.05 bits per heavy atom. The van der Waals surface area contributed by atoms with Gasteiger partial charge in [-0.1, -0.05) is 97.7 Å². The number of carboxylic acid groups (broad SMARTS) is 1. The molecule has 0 aliphatic carbocycles. The van der Waals surface area contributed by atoms with E-state index in [2.05, 4.69) is 25.3 Å². The first kappa shape index (κ1) is 63.8. The van der Waals surface area contributed by atoms with Gasteiger partial charge in [-0.15, -0.1) is 0 Å². The van der Waals surface area contributed by atoms with Crippen LogP contribution in [-0.2, 0) is 35.3 Å². The van der Waals surface area contributed by atoms with E-state index in [1.54, 1.807) is 126 Å². The minimum atomic E-state index is -1.14. The van der Waals surface area contributed by atoms with Crippen LogP contribution >= 0.6 is 46.4 Å². The Labute approximate surface area is 502 Å². The fraction of sp³-hybridized carbons (Fsp3) is 0.219. The number of rotatable bonds is 11. The molecule has 3 amide bonds. The van der Waals surface area contributed by atoms with Gasteiger partial charge < -0.3 is 26.0 Å². The quantitative estimate of drug-likeness (QED) is 0.110. The van der Waals surface area contributed by atoms with Crippen LogP contribution in [0.15, 0.2) is 158 Å². The average molecular weight is 1200 g/mol. The van der Waals surface area contributed by atoms with Crippen molar-refractivity contribution in [2.45, 2.75) is 92.4 Å². The third kappa shape index (κ3) is 15.6. The van der Waals surface area contributed by atoms with Crippen molar-refractivity contribution in [3.05, 3.63) is 245 Å². The number of aromatic nitrogens is 4.